The minimum absolute atomic E-state index is 0.00766. The van der Waals surface area contributed by atoms with Crippen LogP contribution < -0.4 is 0 Å². The molecule has 0 aliphatic carbocycles. The Kier molecular flexibility index (Phi) is 9.62. The van der Waals surface area contributed by atoms with Crippen LogP contribution in [-0.4, -0.2) is 35.1 Å². The van der Waals surface area contributed by atoms with Crippen molar-refractivity contribution in [3.05, 3.63) is 58.2 Å². The quantitative estimate of drug-likeness (QED) is 0.370. The largest absolute Gasteiger partial charge is 0.462 e. The van der Waals surface area contributed by atoms with Gasteiger partial charge in [0, 0.05) is 0 Å². The fraction of sp³-hybridized carbons (Fsp3) is 0.400. The number of aromatic nitrogens is 2. The van der Waals surface area contributed by atoms with Crippen molar-refractivity contribution in [3.8, 4) is 0 Å². The van der Waals surface area contributed by atoms with Gasteiger partial charge in [0.25, 0.3) is 0 Å². The highest BCUT2D eigenvalue weighted by Crippen LogP contribution is 2.35. The molecular weight excluding hydrogens is 503 g/mol. The number of hydrogen-bond acceptors (Lipinski definition) is 6. The van der Waals surface area contributed by atoms with E-state index in [-0.39, 0.29) is 24.5 Å². The van der Waals surface area contributed by atoms with Gasteiger partial charge >= 0.3 is 30.5 Å². The SMILES string of the molecule is CCOC(=O)c1ccc(C(F)(F)F)nc1C.CCOC(=O)c1ccc(C(F)(F)F)nc1C(F)(F)F. The lowest BCUT2D eigenvalue weighted by molar-refractivity contribution is -0.150. The van der Waals surface area contributed by atoms with Crippen LogP contribution in [0.4, 0.5) is 39.5 Å². The second-order valence-electron chi connectivity index (χ2n) is 6.36. The molecule has 0 unspecified atom stereocenters. The molecule has 0 amide bonds. The maximum absolute atomic E-state index is 12.6. The predicted molar refractivity (Wildman–Crippen MR) is 100 cm³/mol. The third kappa shape index (κ3) is 8.40. The molecular formula is C20H17F9N2O4. The maximum Gasteiger partial charge on any atom is 0.434 e. The van der Waals surface area contributed by atoms with E-state index in [9.17, 15) is 49.1 Å². The normalized spacial score (nSPS) is 11.9. The van der Waals surface area contributed by atoms with Gasteiger partial charge in [-0.15, -0.1) is 0 Å². The predicted octanol–water partition coefficient (Wildman–Crippen LogP) is 5.88. The lowest BCUT2D eigenvalue weighted by Crippen LogP contribution is -2.20. The second kappa shape index (κ2) is 11.4. The Morgan fingerprint density at radius 1 is 0.686 bits per heavy atom. The molecule has 0 spiro atoms. The molecule has 0 aliphatic heterocycles. The van der Waals surface area contributed by atoms with Crippen molar-refractivity contribution < 1.29 is 58.6 Å². The first kappa shape index (κ1) is 29.6. The van der Waals surface area contributed by atoms with Crippen LogP contribution in [-0.2, 0) is 28.0 Å². The molecule has 0 saturated carbocycles. The van der Waals surface area contributed by atoms with Gasteiger partial charge in [-0.25, -0.2) is 19.6 Å². The molecule has 0 saturated heterocycles. The third-order valence-electron chi connectivity index (χ3n) is 3.82. The third-order valence-corrected chi connectivity index (χ3v) is 3.82. The summed E-state index contributed by atoms with van der Waals surface area (Å²) in [6, 6.07) is 2.53. The first-order valence-electron chi connectivity index (χ1n) is 9.47. The standard InChI is InChI=1S/C10H7F6NO2.C10H10F3NO2/c1-2-19-8(18)5-3-4-6(9(11,12)13)17-7(5)10(14,15)16;1-3-16-9(15)7-4-5-8(10(11,12)13)14-6(7)2/h3-4H,2H2,1H3;4-5H,3H2,1-2H3. The number of alkyl halides is 9. The highest BCUT2D eigenvalue weighted by molar-refractivity contribution is 5.91. The van der Waals surface area contributed by atoms with Crippen LogP contribution in [0.25, 0.3) is 0 Å². The summed E-state index contributed by atoms with van der Waals surface area (Å²) in [5.41, 5.74) is -5.66. The van der Waals surface area contributed by atoms with Crippen molar-refractivity contribution in [1.82, 2.24) is 9.97 Å². The summed E-state index contributed by atoms with van der Waals surface area (Å²) in [4.78, 5) is 28.3. The highest BCUT2D eigenvalue weighted by atomic mass is 19.4. The molecule has 0 aromatic carbocycles. The summed E-state index contributed by atoms with van der Waals surface area (Å²) >= 11 is 0. The number of aryl methyl sites for hydroxylation is 1. The lowest BCUT2D eigenvalue weighted by Gasteiger charge is -2.13. The molecule has 0 N–H and O–H groups in total. The number of carbonyl (C=O) groups is 2. The van der Waals surface area contributed by atoms with Crippen LogP contribution in [0.5, 0.6) is 0 Å². The summed E-state index contributed by atoms with van der Waals surface area (Å²) in [6.07, 6.45) is -14.7. The van der Waals surface area contributed by atoms with Crippen molar-refractivity contribution in [1.29, 1.82) is 0 Å². The lowest BCUT2D eigenvalue weighted by atomic mass is 10.1. The van der Waals surface area contributed by atoms with E-state index in [0.717, 1.165) is 12.1 Å². The van der Waals surface area contributed by atoms with E-state index in [1.807, 2.05) is 0 Å². The van der Waals surface area contributed by atoms with Gasteiger partial charge in [-0.3, -0.25) is 0 Å². The molecule has 2 aromatic heterocycles. The van der Waals surface area contributed by atoms with E-state index < -0.39 is 53.1 Å². The summed E-state index contributed by atoms with van der Waals surface area (Å²) in [5.74, 6) is -2.04. The second-order valence-corrected chi connectivity index (χ2v) is 6.36. The number of pyridine rings is 2. The van der Waals surface area contributed by atoms with Crippen molar-refractivity contribution in [2.45, 2.75) is 39.3 Å². The number of esters is 2. The van der Waals surface area contributed by atoms with Gasteiger partial charge in [-0.2, -0.15) is 39.5 Å². The summed E-state index contributed by atoms with van der Waals surface area (Å²) < 4.78 is 120. The van der Waals surface area contributed by atoms with E-state index in [4.69, 9.17) is 0 Å². The van der Waals surface area contributed by atoms with Gasteiger partial charge in [0.2, 0.25) is 0 Å². The molecule has 15 heteroatoms. The van der Waals surface area contributed by atoms with Crippen LogP contribution in [0.3, 0.4) is 0 Å². The monoisotopic (exact) mass is 520 g/mol. The van der Waals surface area contributed by atoms with E-state index in [1.54, 1.807) is 6.92 Å². The minimum Gasteiger partial charge on any atom is -0.462 e. The molecule has 0 atom stereocenters. The molecule has 2 rings (SSSR count). The maximum atomic E-state index is 12.6. The zero-order valence-electron chi connectivity index (χ0n) is 18.2. The highest BCUT2D eigenvalue weighted by Gasteiger charge is 2.41. The molecule has 2 heterocycles. The topological polar surface area (TPSA) is 78.4 Å². The van der Waals surface area contributed by atoms with Crippen molar-refractivity contribution in [3.63, 3.8) is 0 Å². The number of ether oxygens (including phenoxy) is 2. The van der Waals surface area contributed by atoms with Crippen LogP contribution >= 0.6 is 0 Å². The Balaban J connectivity index is 0.000000355. The average molecular weight is 520 g/mol. The first-order valence-corrected chi connectivity index (χ1v) is 9.47. The van der Waals surface area contributed by atoms with Crippen LogP contribution in [0.1, 0.15) is 57.3 Å². The molecule has 0 bridgehead atoms. The molecule has 35 heavy (non-hydrogen) atoms. The van der Waals surface area contributed by atoms with Gasteiger partial charge < -0.3 is 9.47 Å². The smallest absolute Gasteiger partial charge is 0.434 e. The Morgan fingerprint density at radius 3 is 1.46 bits per heavy atom. The number of halogens is 9. The van der Waals surface area contributed by atoms with Gasteiger partial charge in [-0.05, 0) is 45.0 Å². The van der Waals surface area contributed by atoms with E-state index in [1.165, 1.54) is 13.8 Å². The number of nitrogens with zero attached hydrogens (tertiary/aromatic N) is 2. The van der Waals surface area contributed by atoms with Crippen LogP contribution in [0, 0.1) is 6.92 Å². The zero-order chi connectivity index (χ0) is 27.2. The minimum atomic E-state index is -5.19. The fourth-order valence-corrected chi connectivity index (χ4v) is 2.35. The summed E-state index contributed by atoms with van der Waals surface area (Å²) in [6.45, 7) is 4.26. The molecule has 2 aromatic rings. The Morgan fingerprint density at radius 2 is 1.09 bits per heavy atom. The summed E-state index contributed by atoms with van der Waals surface area (Å²) in [7, 11) is 0. The Labute approximate surface area is 192 Å². The van der Waals surface area contributed by atoms with Crippen molar-refractivity contribution in [2.24, 2.45) is 0 Å². The van der Waals surface area contributed by atoms with E-state index >= 15 is 0 Å². The Bertz CT molecular complexity index is 1050. The average Bonchev–Trinajstić information content (AvgIpc) is 2.72. The Hall–Kier alpha value is -3.39. The summed E-state index contributed by atoms with van der Waals surface area (Å²) in [5, 5.41) is 0. The van der Waals surface area contributed by atoms with Gasteiger partial charge in [0.15, 0.2) is 5.69 Å². The van der Waals surface area contributed by atoms with Gasteiger partial charge in [0.1, 0.15) is 11.4 Å². The van der Waals surface area contributed by atoms with E-state index in [0.29, 0.717) is 12.1 Å². The fourth-order valence-electron chi connectivity index (χ4n) is 2.35. The molecule has 0 aliphatic rings. The van der Waals surface area contributed by atoms with Gasteiger partial charge in [-0.1, -0.05) is 0 Å². The van der Waals surface area contributed by atoms with Crippen LogP contribution in [0.2, 0.25) is 0 Å². The van der Waals surface area contributed by atoms with Crippen LogP contribution in [0.15, 0.2) is 24.3 Å². The molecule has 194 valence electrons. The molecule has 0 fully saturated rings. The first-order chi connectivity index (χ1) is 15.9. The number of hydrogen-bond donors (Lipinski definition) is 0. The number of rotatable bonds is 4. The molecule has 0 radical (unpaired) electrons. The van der Waals surface area contributed by atoms with E-state index in [2.05, 4.69) is 19.4 Å². The van der Waals surface area contributed by atoms with Gasteiger partial charge in [0.05, 0.1) is 30.0 Å². The molecule has 6 nitrogen and oxygen atoms in total. The zero-order valence-corrected chi connectivity index (χ0v) is 18.2. The van der Waals surface area contributed by atoms with Crippen molar-refractivity contribution in [2.75, 3.05) is 13.2 Å². The van der Waals surface area contributed by atoms with Crippen molar-refractivity contribution >= 4 is 11.9 Å². The number of carbonyl (C=O) groups excluding carboxylic acids is 2.